The summed E-state index contributed by atoms with van der Waals surface area (Å²) in [7, 11) is 4.01. The first kappa shape index (κ1) is 15.2. The maximum Gasteiger partial charge on any atom is 0.0462 e. The van der Waals surface area contributed by atoms with Gasteiger partial charge in [0, 0.05) is 19.8 Å². The first-order chi connectivity index (χ1) is 8.79. The van der Waals surface area contributed by atoms with Crippen molar-refractivity contribution in [1.29, 1.82) is 0 Å². The van der Waals surface area contributed by atoms with Crippen molar-refractivity contribution in [2.24, 2.45) is 0 Å². The molecule has 0 N–H and O–H groups in total. The number of rotatable bonds is 9. The Bertz CT molecular complexity index is 299. The molecule has 0 bridgehead atoms. The van der Waals surface area contributed by atoms with Crippen LogP contribution in [0.15, 0.2) is 30.3 Å². The third-order valence-corrected chi connectivity index (χ3v) is 3.37. The molecular weight excluding hydrogens is 222 g/mol. The first-order valence-corrected chi connectivity index (χ1v) is 7.03. The zero-order valence-corrected chi connectivity index (χ0v) is 12.1. The molecule has 0 aliphatic carbocycles. The highest BCUT2D eigenvalue weighted by atomic mass is 16.5. The van der Waals surface area contributed by atoms with Crippen molar-refractivity contribution in [3.05, 3.63) is 35.9 Å². The maximum absolute atomic E-state index is 5.12. The van der Waals surface area contributed by atoms with E-state index >= 15 is 0 Å². The fourth-order valence-electron chi connectivity index (χ4n) is 2.41. The Morgan fingerprint density at radius 1 is 1.17 bits per heavy atom. The minimum Gasteiger partial charge on any atom is -0.385 e. The molecule has 0 aliphatic rings. The molecule has 0 aromatic heterocycles. The summed E-state index contributed by atoms with van der Waals surface area (Å²) in [6.07, 6.45) is 4.79. The van der Waals surface area contributed by atoms with E-state index in [1.807, 2.05) is 0 Å². The lowest BCUT2D eigenvalue weighted by atomic mass is 9.99. The Hall–Kier alpha value is -0.860. The third-order valence-electron chi connectivity index (χ3n) is 3.37. The van der Waals surface area contributed by atoms with Crippen LogP contribution in [0, 0.1) is 0 Å². The van der Waals surface area contributed by atoms with Crippen LogP contribution in [0.1, 0.15) is 44.2 Å². The fourth-order valence-corrected chi connectivity index (χ4v) is 2.41. The number of hydrogen-bond acceptors (Lipinski definition) is 2. The lowest BCUT2D eigenvalue weighted by Crippen LogP contribution is -2.25. The monoisotopic (exact) mass is 249 g/mol. The number of hydrogen-bond donors (Lipinski definition) is 0. The molecule has 0 saturated heterocycles. The van der Waals surface area contributed by atoms with Gasteiger partial charge in [-0.2, -0.15) is 0 Å². The highest BCUT2D eigenvalue weighted by Crippen LogP contribution is 2.25. The Kier molecular flexibility index (Phi) is 7.70. The molecule has 18 heavy (non-hydrogen) atoms. The van der Waals surface area contributed by atoms with Gasteiger partial charge in [-0.3, -0.25) is 4.90 Å². The van der Waals surface area contributed by atoms with Gasteiger partial charge in [0.05, 0.1) is 0 Å². The number of nitrogens with zero attached hydrogens (tertiary/aromatic N) is 1. The summed E-state index contributed by atoms with van der Waals surface area (Å²) in [5, 5.41) is 0. The smallest absolute Gasteiger partial charge is 0.0462 e. The van der Waals surface area contributed by atoms with Crippen LogP contribution >= 0.6 is 0 Å². The minimum atomic E-state index is 0.544. The second-order valence-corrected chi connectivity index (χ2v) is 4.90. The quantitative estimate of drug-likeness (QED) is 0.616. The Balaban J connectivity index is 2.58. The van der Waals surface area contributed by atoms with Gasteiger partial charge in [0.15, 0.2) is 0 Å². The molecule has 1 rings (SSSR count). The summed E-state index contributed by atoms with van der Waals surface area (Å²) in [6.45, 7) is 4.27. The van der Waals surface area contributed by atoms with Gasteiger partial charge in [0.25, 0.3) is 0 Å². The molecule has 0 heterocycles. The van der Waals surface area contributed by atoms with Crippen LogP contribution in [0.5, 0.6) is 0 Å². The van der Waals surface area contributed by atoms with Crippen molar-refractivity contribution in [3.8, 4) is 0 Å². The average Bonchev–Trinajstić information content (AvgIpc) is 2.40. The normalized spacial score (nSPS) is 12.9. The topological polar surface area (TPSA) is 12.5 Å². The summed E-state index contributed by atoms with van der Waals surface area (Å²) in [5.74, 6) is 0. The van der Waals surface area contributed by atoms with Crippen LogP contribution in [0.3, 0.4) is 0 Å². The molecule has 0 aliphatic heterocycles. The molecular formula is C16H27NO. The molecule has 1 aromatic rings. The van der Waals surface area contributed by atoms with Crippen LogP contribution in [-0.2, 0) is 4.74 Å². The zero-order chi connectivity index (χ0) is 13.2. The summed E-state index contributed by atoms with van der Waals surface area (Å²) in [6, 6.07) is 11.4. The van der Waals surface area contributed by atoms with Crippen molar-refractivity contribution in [3.63, 3.8) is 0 Å². The molecule has 0 spiro atoms. The van der Waals surface area contributed by atoms with Crippen molar-refractivity contribution in [2.75, 3.05) is 27.3 Å². The van der Waals surface area contributed by atoms with Gasteiger partial charge in [-0.15, -0.1) is 0 Å². The first-order valence-electron chi connectivity index (χ1n) is 7.03. The van der Waals surface area contributed by atoms with E-state index in [2.05, 4.69) is 49.2 Å². The minimum absolute atomic E-state index is 0.544. The van der Waals surface area contributed by atoms with Crippen LogP contribution in [0.25, 0.3) is 0 Å². The highest BCUT2D eigenvalue weighted by Gasteiger charge is 2.15. The predicted molar refractivity (Wildman–Crippen MR) is 77.8 cm³/mol. The summed E-state index contributed by atoms with van der Waals surface area (Å²) in [4.78, 5) is 2.47. The van der Waals surface area contributed by atoms with Crippen LogP contribution < -0.4 is 0 Å². The largest absolute Gasteiger partial charge is 0.385 e. The standard InChI is InChI=1S/C16H27NO/c1-4-13-17(2)16(12-8-9-14-18-3)15-10-6-5-7-11-15/h5-7,10-11,16H,4,8-9,12-14H2,1-3H3. The Morgan fingerprint density at radius 2 is 1.89 bits per heavy atom. The molecule has 0 amide bonds. The van der Waals surface area contributed by atoms with Crippen LogP contribution in [-0.4, -0.2) is 32.2 Å². The summed E-state index contributed by atoms with van der Waals surface area (Å²) < 4.78 is 5.12. The lowest BCUT2D eigenvalue weighted by molar-refractivity contribution is 0.181. The Morgan fingerprint density at radius 3 is 2.50 bits per heavy atom. The van der Waals surface area contributed by atoms with Crippen molar-refractivity contribution < 1.29 is 4.74 Å². The Labute approximate surface area is 112 Å². The van der Waals surface area contributed by atoms with Crippen molar-refractivity contribution in [2.45, 2.75) is 38.6 Å². The highest BCUT2D eigenvalue weighted by molar-refractivity contribution is 5.18. The van der Waals surface area contributed by atoms with E-state index in [4.69, 9.17) is 4.74 Å². The number of unbranched alkanes of at least 4 members (excludes halogenated alkanes) is 1. The number of methoxy groups -OCH3 is 1. The molecule has 0 fully saturated rings. The number of benzene rings is 1. The second kappa shape index (κ2) is 9.12. The van der Waals surface area contributed by atoms with Gasteiger partial charge in [-0.1, -0.05) is 37.3 Å². The second-order valence-electron chi connectivity index (χ2n) is 4.90. The van der Waals surface area contributed by atoms with Gasteiger partial charge in [0.1, 0.15) is 0 Å². The van der Waals surface area contributed by atoms with Crippen LogP contribution in [0.4, 0.5) is 0 Å². The molecule has 0 saturated carbocycles. The zero-order valence-electron chi connectivity index (χ0n) is 12.1. The molecule has 0 radical (unpaired) electrons. The molecule has 2 nitrogen and oxygen atoms in total. The molecule has 1 aromatic carbocycles. The van der Waals surface area contributed by atoms with E-state index < -0.39 is 0 Å². The van der Waals surface area contributed by atoms with E-state index in [0.29, 0.717) is 6.04 Å². The van der Waals surface area contributed by atoms with E-state index in [9.17, 15) is 0 Å². The van der Waals surface area contributed by atoms with Gasteiger partial charge in [-0.25, -0.2) is 0 Å². The number of ether oxygens (including phenoxy) is 1. The van der Waals surface area contributed by atoms with E-state index in [-0.39, 0.29) is 0 Å². The SMILES string of the molecule is CCCN(C)C(CCCCOC)c1ccccc1. The van der Waals surface area contributed by atoms with Gasteiger partial charge >= 0.3 is 0 Å². The van der Waals surface area contributed by atoms with E-state index in [1.165, 1.54) is 24.8 Å². The van der Waals surface area contributed by atoms with Gasteiger partial charge in [-0.05, 0) is 44.8 Å². The van der Waals surface area contributed by atoms with Gasteiger partial charge < -0.3 is 4.74 Å². The summed E-state index contributed by atoms with van der Waals surface area (Å²) in [5.41, 5.74) is 1.44. The van der Waals surface area contributed by atoms with Crippen LogP contribution in [0.2, 0.25) is 0 Å². The molecule has 102 valence electrons. The van der Waals surface area contributed by atoms with Gasteiger partial charge in [0.2, 0.25) is 0 Å². The van der Waals surface area contributed by atoms with E-state index in [0.717, 1.165) is 19.6 Å². The van der Waals surface area contributed by atoms with E-state index in [1.54, 1.807) is 7.11 Å². The fraction of sp³-hybridized carbons (Fsp3) is 0.625. The lowest BCUT2D eigenvalue weighted by Gasteiger charge is -2.28. The average molecular weight is 249 g/mol. The van der Waals surface area contributed by atoms with Crippen molar-refractivity contribution >= 4 is 0 Å². The summed E-state index contributed by atoms with van der Waals surface area (Å²) >= 11 is 0. The predicted octanol–water partition coefficient (Wildman–Crippen LogP) is 3.89. The molecule has 1 atom stereocenters. The molecule has 2 heteroatoms. The third kappa shape index (κ3) is 5.19. The molecule has 1 unspecified atom stereocenters. The van der Waals surface area contributed by atoms with Crippen molar-refractivity contribution in [1.82, 2.24) is 4.90 Å². The maximum atomic E-state index is 5.12.